The zero-order valence-electron chi connectivity index (χ0n) is 2.63. The van der Waals surface area contributed by atoms with Crippen LogP contribution in [0.3, 0.4) is 0 Å². The Kier molecular flexibility index (Phi) is 382. The molecule has 0 unspecified atom stereocenters. The van der Waals surface area contributed by atoms with E-state index in [1.807, 2.05) is 0 Å². The number of halogens is 3. The molecule has 0 N–H and O–H groups in total. The molecule has 0 heterocycles. The zero-order valence-corrected chi connectivity index (χ0v) is 8.04. The molecule has 0 atom stereocenters. The van der Waals surface area contributed by atoms with E-state index >= 15 is 0 Å². The second-order valence-electron chi connectivity index (χ2n) is 0. The van der Waals surface area contributed by atoms with Crippen molar-refractivity contribution in [1.29, 1.82) is 0 Å². The fourth-order valence-corrected chi connectivity index (χ4v) is 0. The minimum absolute atomic E-state index is 0. The smallest absolute Gasteiger partial charge is 1.00 e. The summed E-state index contributed by atoms with van der Waals surface area (Å²) in [6.07, 6.45) is 0. The molecule has 0 aliphatic carbocycles. The molecule has 0 radical (unpaired) electrons. The van der Waals surface area contributed by atoms with Crippen molar-refractivity contribution in [2.75, 3.05) is 0 Å². The van der Waals surface area contributed by atoms with Gasteiger partial charge in [0.2, 0.25) is 0 Å². The third-order valence-electron chi connectivity index (χ3n) is 0. The minimum atomic E-state index is 0. The molecule has 0 amide bonds. The summed E-state index contributed by atoms with van der Waals surface area (Å²) in [5.41, 5.74) is 0. The van der Waals surface area contributed by atoms with Crippen LogP contribution in [0.25, 0.3) is 0 Å². The van der Waals surface area contributed by atoms with Gasteiger partial charge in [-0.3, -0.25) is 0 Å². The van der Waals surface area contributed by atoms with Gasteiger partial charge in [-0.15, -0.1) is 0 Å². The van der Waals surface area contributed by atoms with Gasteiger partial charge in [-0.2, -0.15) is 0 Å². The first-order valence-electron chi connectivity index (χ1n) is 0. The summed E-state index contributed by atoms with van der Waals surface area (Å²) in [5.74, 6) is 0. The Hall–Kier alpha value is 2.25. The third kappa shape index (κ3) is 22.3. The van der Waals surface area contributed by atoms with Gasteiger partial charge < -0.3 is 44.6 Å². The van der Waals surface area contributed by atoms with E-state index in [0.717, 1.165) is 0 Å². The summed E-state index contributed by atoms with van der Waals surface area (Å²) < 4.78 is 0. The van der Waals surface area contributed by atoms with Crippen molar-refractivity contribution in [3.05, 3.63) is 7.43 Å². The largest absolute Gasteiger partial charge is 4.00 e. The van der Waals surface area contributed by atoms with E-state index in [9.17, 15) is 0 Å². The Balaban J connectivity index is 0. The molecule has 0 aliphatic heterocycles. The predicted octanol–water partition coefficient (Wildman–Crippen LogP) is -8.54. The van der Waals surface area contributed by atoms with Crippen molar-refractivity contribution in [2.45, 2.75) is 0 Å². The maximum atomic E-state index is 0. The molecule has 0 aliphatic rings. The normalized spacial score (nSPS) is 0. The van der Waals surface area contributed by atoms with Crippen molar-refractivity contribution in [3.8, 4) is 0 Å². The first kappa shape index (κ1) is 56.0. The maximum Gasteiger partial charge on any atom is 4.00 e. The molecular weight excluding hydrogens is 258 g/mol. The molecule has 0 saturated carbocycles. The summed E-state index contributed by atoms with van der Waals surface area (Å²) in [7, 11) is 0. The van der Waals surface area contributed by atoms with E-state index in [-0.39, 0.29) is 86.4 Å². The molecule has 5 heavy (non-hydrogen) atoms. The quantitative estimate of drug-likeness (QED) is 0.380. The molecule has 0 fully saturated rings. The van der Waals surface area contributed by atoms with Crippen LogP contribution in [0.15, 0.2) is 0 Å². The van der Waals surface area contributed by atoms with Crippen LogP contribution in [0.4, 0.5) is 0 Å². The summed E-state index contributed by atoms with van der Waals surface area (Å²) in [5, 5.41) is 0. The van der Waals surface area contributed by atoms with Crippen LogP contribution in [0, 0.1) is 49.2 Å². The van der Waals surface area contributed by atoms with E-state index in [1.165, 1.54) is 0 Å². The van der Waals surface area contributed by atoms with Gasteiger partial charge in [-0.1, -0.05) is 0 Å². The molecule has 0 spiro atoms. The summed E-state index contributed by atoms with van der Waals surface area (Å²) >= 11 is 0. The van der Waals surface area contributed by atoms with E-state index in [0.29, 0.717) is 0 Å². The summed E-state index contributed by atoms with van der Waals surface area (Å²) in [6.45, 7) is 0. The first-order valence-corrected chi connectivity index (χ1v) is 0. The van der Waals surface area contributed by atoms with Gasteiger partial charge in [-0.25, -0.2) is 0 Å². The van der Waals surface area contributed by atoms with Crippen LogP contribution in [0.5, 0.6) is 0 Å². The number of hydrogen-bond acceptors (Lipinski definition) is 0. The maximum absolute atomic E-state index is 0. The van der Waals surface area contributed by atoms with Gasteiger partial charge in [0.25, 0.3) is 0 Å². The molecule has 0 saturated heterocycles. The van der Waals surface area contributed by atoms with Crippen molar-refractivity contribution in [1.82, 2.24) is 0 Å². The Morgan fingerprint density at radius 2 is 0.600 bits per heavy atom. The van der Waals surface area contributed by atoms with Crippen LogP contribution >= 0.6 is 0 Å². The van der Waals surface area contributed by atoms with Crippen molar-refractivity contribution < 1.29 is 79.0 Å². The molecule has 0 rings (SSSR count). The molecule has 32 valence electrons. The Morgan fingerprint density at radius 1 is 0.600 bits per heavy atom. The van der Waals surface area contributed by atoms with E-state index < -0.39 is 0 Å². The molecular formula is CH3CeCl3. The molecule has 0 aromatic rings. The van der Waals surface area contributed by atoms with Crippen molar-refractivity contribution >= 4 is 0 Å². The van der Waals surface area contributed by atoms with Gasteiger partial charge in [0.1, 0.15) is 0 Å². The second-order valence-corrected chi connectivity index (χ2v) is 0. The summed E-state index contributed by atoms with van der Waals surface area (Å²) in [4.78, 5) is 0. The molecule has 4 heteroatoms. The number of rotatable bonds is 0. The average molecular weight is 262 g/mol. The van der Waals surface area contributed by atoms with Crippen LogP contribution < -0.4 is 37.2 Å². The van der Waals surface area contributed by atoms with Crippen molar-refractivity contribution in [2.24, 2.45) is 0 Å². The number of hydrogen-bond donors (Lipinski definition) is 0. The predicted molar refractivity (Wildman–Crippen MR) is 6.41 cm³/mol. The minimum Gasteiger partial charge on any atom is -1.00 e. The molecule has 0 aromatic heterocycles. The van der Waals surface area contributed by atoms with E-state index in [2.05, 4.69) is 0 Å². The zero-order chi connectivity index (χ0) is 0. The van der Waals surface area contributed by atoms with Gasteiger partial charge in [-0.05, 0) is 0 Å². The monoisotopic (exact) mass is 260 g/mol. The van der Waals surface area contributed by atoms with Crippen molar-refractivity contribution in [3.63, 3.8) is 0 Å². The second kappa shape index (κ2) is 34.1. The standard InChI is InChI=1S/CH3.Ce.3ClH/h1H3;;3*1H/q-1;+4;;;/p-3. The Bertz CT molecular complexity index is 6.85. The fraction of sp³-hybridized carbons (Fsp3) is 0. The average Bonchev–Trinajstić information content (AvgIpc) is 0. The molecule has 0 aromatic carbocycles. The van der Waals surface area contributed by atoms with Gasteiger partial charge >= 0.3 is 41.7 Å². The van der Waals surface area contributed by atoms with Gasteiger partial charge in [0, 0.05) is 0 Å². The molecule has 0 nitrogen and oxygen atoms in total. The van der Waals surface area contributed by atoms with E-state index in [1.54, 1.807) is 0 Å². The van der Waals surface area contributed by atoms with Crippen LogP contribution in [-0.4, -0.2) is 0 Å². The van der Waals surface area contributed by atoms with Crippen LogP contribution in [0.2, 0.25) is 0 Å². The third-order valence-corrected chi connectivity index (χ3v) is 0. The first-order chi connectivity index (χ1) is 0. The topological polar surface area (TPSA) is 0 Å². The Labute approximate surface area is 85.1 Å². The van der Waals surface area contributed by atoms with E-state index in [4.69, 9.17) is 0 Å². The summed E-state index contributed by atoms with van der Waals surface area (Å²) in [6, 6.07) is 0. The van der Waals surface area contributed by atoms with Gasteiger partial charge in [0.15, 0.2) is 0 Å². The van der Waals surface area contributed by atoms with Gasteiger partial charge in [0.05, 0.1) is 0 Å². The SMILES string of the molecule is [CH3-].[Ce+4].[Cl-].[Cl-].[Cl-]. The van der Waals surface area contributed by atoms with Crippen LogP contribution in [-0.2, 0) is 0 Å². The Morgan fingerprint density at radius 3 is 0.600 bits per heavy atom. The van der Waals surface area contributed by atoms with Crippen LogP contribution in [0.1, 0.15) is 0 Å². The molecule has 0 bridgehead atoms. The fourth-order valence-electron chi connectivity index (χ4n) is 0.